The highest BCUT2D eigenvalue weighted by molar-refractivity contribution is 7.99. The average Bonchev–Trinajstić information content (AvgIpc) is 3.50. The van der Waals surface area contributed by atoms with Crippen LogP contribution in [0.5, 0.6) is 5.75 Å². The van der Waals surface area contributed by atoms with E-state index >= 15 is 0 Å². The van der Waals surface area contributed by atoms with Crippen molar-refractivity contribution in [3.8, 4) is 5.75 Å². The summed E-state index contributed by atoms with van der Waals surface area (Å²) in [6, 6.07) is 18.7. The number of benzene rings is 3. The first-order valence-electron chi connectivity index (χ1n) is 14.3. The molecule has 44 heavy (non-hydrogen) atoms. The minimum atomic E-state index is -1.60. The molecule has 4 rings (SSSR count). The highest BCUT2D eigenvalue weighted by Crippen LogP contribution is 2.27. The molecule has 4 N–H and O–H groups in total. The number of nitrogens with zero attached hydrogens (tertiary/aromatic N) is 1. The van der Waals surface area contributed by atoms with Crippen molar-refractivity contribution in [1.82, 2.24) is 15.5 Å². The maximum absolute atomic E-state index is 13.6. The molecule has 0 radical (unpaired) electrons. The van der Waals surface area contributed by atoms with E-state index in [0.717, 1.165) is 27.8 Å². The quantitative estimate of drug-likeness (QED) is 0.216. The van der Waals surface area contributed by atoms with E-state index in [1.807, 2.05) is 61.5 Å². The predicted octanol–water partition coefficient (Wildman–Crippen LogP) is 2.87. The summed E-state index contributed by atoms with van der Waals surface area (Å²) in [6.07, 6.45) is -0.820. The van der Waals surface area contributed by atoms with Gasteiger partial charge < -0.3 is 30.7 Å². The number of aliphatic hydroxyl groups excluding tert-OH is 1. The van der Waals surface area contributed by atoms with Crippen LogP contribution in [0.4, 0.5) is 5.69 Å². The van der Waals surface area contributed by atoms with E-state index in [4.69, 9.17) is 4.74 Å². The first-order valence-corrected chi connectivity index (χ1v) is 15.5. The lowest BCUT2D eigenvalue weighted by Gasteiger charge is -2.30. The van der Waals surface area contributed by atoms with E-state index in [2.05, 4.69) is 16.0 Å². The summed E-state index contributed by atoms with van der Waals surface area (Å²) in [4.78, 5) is 52.0. The summed E-state index contributed by atoms with van der Waals surface area (Å²) in [5, 5.41) is 19.6. The minimum Gasteiger partial charge on any atom is -0.483 e. The van der Waals surface area contributed by atoms with Crippen molar-refractivity contribution in [2.24, 2.45) is 0 Å². The van der Waals surface area contributed by atoms with Gasteiger partial charge in [-0.25, -0.2) is 0 Å². The fraction of sp³-hybridized carbons (Fsp3) is 0.333. The van der Waals surface area contributed by atoms with Gasteiger partial charge in [-0.1, -0.05) is 54.6 Å². The molecule has 0 saturated carbocycles. The van der Waals surface area contributed by atoms with Crippen LogP contribution in [0, 0.1) is 20.8 Å². The molecule has 0 spiro atoms. The van der Waals surface area contributed by atoms with Gasteiger partial charge in [0.05, 0.1) is 11.9 Å². The van der Waals surface area contributed by atoms with Crippen LogP contribution in [0.1, 0.15) is 27.8 Å². The molecule has 232 valence electrons. The molecule has 10 nitrogen and oxygen atoms in total. The van der Waals surface area contributed by atoms with Gasteiger partial charge in [0.2, 0.25) is 12.3 Å². The molecule has 0 unspecified atom stereocenters. The summed E-state index contributed by atoms with van der Waals surface area (Å²) in [5.74, 6) is -0.284. The van der Waals surface area contributed by atoms with E-state index in [0.29, 0.717) is 30.1 Å². The van der Waals surface area contributed by atoms with Crippen molar-refractivity contribution in [3.63, 3.8) is 0 Å². The number of anilines is 1. The summed E-state index contributed by atoms with van der Waals surface area (Å²) >= 11 is 1.43. The summed E-state index contributed by atoms with van der Waals surface area (Å²) < 4.78 is 5.81. The first kappa shape index (κ1) is 32.6. The second kappa shape index (κ2) is 15.4. The topological polar surface area (TPSA) is 137 Å². The van der Waals surface area contributed by atoms with E-state index in [1.54, 1.807) is 26.0 Å². The van der Waals surface area contributed by atoms with Gasteiger partial charge in [-0.05, 0) is 67.1 Å². The van der Waals surface area contributed by atoms with Crippen molar-refractivity contribution in [3.05, 3.63) is 94.5 Å². The number of thioether (sulfide) groups is 1. The van der Waals surface area contributed by atoms with Crippen molar-refractivity contribution in [1.29, 1.82) is 0 Å². The van der Waals surface area contributed by atoms with Crippen LogP contribution in [0.3, 0.4) is 0 Å². The normalized spacial score (nSPS) is 15.6. The largest absolute Gasteiger partial charge is 0.483 e. The molecular formula is C33H38N4O6S. The average molecular weight is 619 g/mol. The number of hydrogen-bond acceptors (Lipinski definition) is 7. The maximum Gasteiger partial charge on any atom is 0.258 e. The van der Waals surface area contributed by atoms with Crippen LogP contribution in [-0.4, -0.2) is 70.6 Å². The zero-order valence-corrected chi connectivity index (χ0v) is 25.9. The number of nitrogens with one attached hydrogen (secondary N) is 3. The predicted molar refractivity (Wildman–Crippen MR) is 170 cm³/mol. The molecule has 1 saturated heterocycles. The van der Waals surface area contributed by atoms with Crippen molar-refractivity contribution >= 4 is 41.6 Å². The van der Waals surface area contributed by atoms with Crippen molar-refractivity contribution < 1.29 is 29.0 Å². The molecule has 0 aromatic heterocycles. The Kier molecular flexibility index (Phi) is 11.4. The van der Waals surface area contributed by atoms with Gasteiger partial charge in [-0.15, -0.1) is 11.8 Å². The van der Waals surface area contributed by atoms with E-state index in [1.165, 1.54) is 16.7 Å². The highest BCUT2D eigenvalue weighted by atomic mass is 32.2. The van der Waals surface area contributed by atoms with Crippen molar-refractivity contribution in [2.45, 2.75) is 51.9 Å². The maximum atomic E-state index is 13.6. The zero-order valence-electron chi connectivity index (χ0n) is 25.0. The van der Waals surface area contributed by atoms with Crippen LogP contribution in [0.15, 0.2) is 66.7 Å². The summed E-state index contributed by atoms with van der Waals surface area (Å²) in [5.41, 5.74) is 4.93. The molecule has 0 bridgehead atoms. The van der Waals surface area contributed by atoms with Crippen LogP contribution in [0.2, 0.25) is 0 Å². The third-order valence-corrected chi connectivity index (χ3v) is 8.51. The Morgan fingerprint density at radius 3 is 2.39 bits per heavy atom. The Bertz CT molecular complexity index is 1460. The minimum absolute atomic E-state index is 0.189. The molecule has 1 aliphatic heterocycles. The van der Waals surface area contributed by atoms with Crippen LogP contribution in [-0.2, 0) is 32.1 Å². The molecule has 11 heteroatoms. The second-order valence-corrected chi connectivity index (χ2v) is 11.8. The molecule has 4 amide bonds. The monoisotopic (exact) mass is 618 g/mol. The second-order valence-electron chi connectivity index (χ2n) is 10.8. The lowest BCUT2D eigenvalue weighted by atomic mass is 9.99. The first-order chi connectivity index (χ1) is 21.2. The molecule has 1 fully saturated rings. The van der Waals surface area contributed by atoms with Gasteiger partial charge in [0, 0.05) is 18.0 Å². The van der Waals surface area contributed by atoms with Gasteiger partial charge >= 0.3 is 0 Å². The molecule has 0 aliphatic carbocycles. The summed E-state index contributed by atoms with van der Waals surface area (Å²) in [7, 11) is 0. The number of amides is 4. The molecular weight excluding hydrogens is 580 g/mol. The van der Waals surface area contributed by atoms with Crippen LogP contribution in [0.25, 0.3) is 0 Å². The number of aliphatic hydroxyl groups is 1. The fourth-order valence-electron chi connectivity index (χ4n) is 5.15. The Hall–Kier alpha value is -4.35. The Morgan fingerprint density at radius 1 is 1.02 bits per heavy atom. The summed E-state index contributed by atoms with van der Waals surface area (Å²) in [6.45, 7) is 5.56. The molecule has 1 aliphatic rings. The number of aryl methyl sites for hydroxylation is 3. The lowest BCUT2D eigenvalue weighted by molar-refractivity contribution is -0.146. The third-order valence-electron chi connectivity index (χ3n) is 7.49. The highest BCUT2D eigenvalue weighted by Gasteiger charge is 2.40. The molecule has 3 atom stereocenters. The SMILES string of the molecule is Cc1ccccc1CNC(=O)[C@@H]1CSCN1C(=O)[C@@H](O)[C@H](Cc1ccccc1)NC(=O)COc1c(C)cc(NC=O)cc1C. The van der Waals surface area contributed by atoms with Gasteiger partial charge in [0.1, 0.15) is 11.8 Å². The van der Waals surface area contributed by atoms with E-state index in [9.17, 15) is 24.3 Å². The molecule has 3 aromatic carbocycles. The molecule has 3 aromatic rings. The van der Waals surface area contributed by atoms with E-state index in [-0.39, 0.29) is 24.8 Å². The van der Waals surface area contributed by atoms with Gasteiger partial charge in [0.25, 0.3) is 11.8 Å². The Morgan fingerprint density at radius 2 is 1.70 bits per heavy atom. The standard InChI is InChI=1S/C33H38N4O6S/c1-21-9-7-8-12-25(21)16-34-32(41)28-18-44-20-37(28)33(42)30(40)27(15-24-10-5-4-6-11-24)36-29(39)17-43-31-22(2)13-26(35-19-38)14-23(31)3/h4-14,19,27-28,30,40H,15-18,20H2,1-3H3,(H,34,41)(H,35,38)(H,36,39)/t27-,28-,30-/m0/s1. The van der Waals surface area contributed by atoms with Crippen molar-refractivity contribution in [2.75, 3.05) is 23.6 Å². The smallest absolute Gasteiger partial charge is 0.258 e. The zero-order chi connectivity index (χ0) is 31.6. The van der Waals surface area contributed by atoms with Crippen LogP contribution >= 0.6 is 11.8 Å². The number of carbonyl (C=O) groups excluding carboxylic acids is 4. The third kappa shape index (κ3) is 8.39. The molecule has 1 heterocycles. The lowest BCUT2D eigenvalue weighted by Crippen LogP contribution is -2.56. The van der Waals surface area contributed by atoms with Gasteiger partial charge in [0.15, 0.2) is 12.7 Å². The fourth-order valence-corrected chi connectivity index (χ4v) is 6.32. The number of rotatable bonds is 13. The van der Waals surface area contributed by atoms with E-state index < -0.39 is 30.0 Å². The Balaban J connectivity index is 1.43. The van der Waals surface area contributed by atoms with Gasteiger partial charge in [-0.3, -0.25) is 19.2 Å². The number of hydrogen-bond donors (Lipinski definition) is 4. The van der Waals surface area contributed by atoms with Crippen LogP contribution < -0.4 is 20.7 Å². The van der Waals surface area contributed by atoms with Gasteiger partial charge in [-0.2, -0.15) is 0 Å². The Labute approximate surface area is 261 Å². The number of ether oxygens (including phenoxy) is 1. The number of carbonyl (C=O) groups is 4.